The number of likely N-dealkylation sites (tertiary alicyclic amines) is 1. The Morgan fingerprint density at radius 3 is 2.28 bits per heavy atom. The molecule has 1 atom stereocenters. The molecule has 0 spiro atoms. The van der Waals surface area contributed by atoms with Crippen molar-refractivity contribution in [1.82, 2.24) is 4.90 Å². The highest BCUT2D eigenvalue weighted by atomic mass is 32.2. The van der Waals surface area contributed by atoms with Crippen LogP contribution in [0.4, 0.5) is 0 Å². The second kappa shape index (κ2) is 9.90. The van der Waals surface area contributed by atoms with Crippen LogP contribution in [0, 0.1) is 0 Å². The predicted octanol–water partition coefficient (Wildman–Crippen LogP) is 1.06. The molecule has 13 heteroatoms. The topological polar surface area (TPSA) is 152 Å². The lowest BCUT2D eigenvalue weighted by atomic mass is 10.4. The molecule has 2 amide bonds. The Morgan fingerprint density at radius 1 is 1.16 bits per heavy atom. The highest BCUT2D eigenvalue weighted by Crippen LogP contribution is 2.60. The maximum atomic E-state index is 12.0. The number of carbonyl (C=O) groups excluding carboxylic acids is 2. The first kappa shape index (κ1) is 23.2. The first-order valence-electron chi connectivity index (χ1n) is 7.62. The zero-order valence-corrected chi connectivity index (χ0v) is 17.1. The second-order valence-electron chi connectivity index (χ2n) is 5.53. The number of imide groups is 1. The van der Waals surface area contributed by atoms with Crippen LogP contribution in [0.3, 0.4) is 0 Å². The van der Waals surface area contributed by atoms with Gasteiger partial charge in [0, 0.05) is 18.7 Å². The smallest absolute Gasteiger partial charge is 0.324 e. The normalized spacial score (nSPS) is 19.3. The van der Waals surface area contributed by atoms with Gasteiger partial charge in [-0.3, -0.25) is 23.6 Å². The number of hydrogen-bond acceptors (Lipinski definition) is 6. The Kier molecular flexibility index (Phi) is 9.18. The van der Waals surface area contributed by atoms with Gasteiger partial charge in [0.05, 0.1) is 5.25 Å². The molecule has 25 heavy (non-hydrogen) atoms. The van der Waals surface area contributed by atoms with E-state index < -0.39 is 20.6 Å². The zero-order valence-electron chi connectivity index (χ0n) is 13.7. The Bertz CT molecular complexity index is 555. The van der Waals surface area contributed by atoms with Crippen molar-refractivity contribution < 1.29 is 38.3 Å². The van der Waals surface area contributed by atoms with Crippen molar-refractivity contribution in [3.05, 3.63) is 0 Å². The molecule has 0 aromatic rings. The molecule has 0 aromatic carbocycles. The van der Waals surface area contributed by atoms with Crippen molar-refractivity contribution in [2.24, 2.45) is 0 Å². The lowest BCUT2D eigenvalue weighted by Crippen LogP contribution is -2.32. The average Bonchev–Trinajstić information content (AvgIpc) is 2.71. The van der Waals surface area contributed by atoms with Crippen LogP contribution >= 0.6 is 38.7 Å². The van der Waals surface area contributed by atoms with Gasteiger partial charge < -0.3 is 19.6 Å². The standard InChI is InChI=1S/C12H23NO8P2S2/c1-2-4-13-10(14)7-9(12(13)15)25-6-3-5-24-8-11(22(16,17)18)23(19,20)21/h9,11H,2-8H2,1H3,(H2,16,17,18)(H2,19,20,21). The number of thioether (sulfide) groups is 2. The Labute approximate surface area is 154 Å². The van der Waals surface area contributed by atoms with Crippen LogP contribution in [0.1, 0.15) is 26.2 Å². The molecule has 1 unspecified atom stereocenters. The van der Waals surface area contributed by atoms with Gasteiger partial charge >= 0.3 is 15.2 Å². The van der Waals surface area contributed by atoms with E-state index in [1.54, 1.807) is 0 Å². The van der Waals surface area contributed by atoms with Crippen LogP contribution in [0.25, 0.3) is 0 Å². The van der Waals surface area contributed by atoms with Crippen LogP contribution in [0.15, 0.2) is 0 Å². The highest BCUT2D eigenvalue weighted by Gasteiger charge is 2.43. The van der Waals surface area contributed by atoms with E-state index in [4.69, 9.17) is 19.6 Å². The summed E-state index contributed by atoms with van der Waals surface area (Å²) in [5.41, 5.74) is 0. The van der Waals surface area contributed by atoms with Crippen LogP contribution in [0.5, 0.6) is 0 Å². The summed E-state index contributed by atoms with van der Waals surface area (Å²) in [5, 5.41) is -2.38. The molecule has 0 aliphatic carbocycles. The zero-order chi connectivity index (χ0) is 19.3. The van der Waals surface area contributed by atoms with Gasteiger partial charge in [-0.15, -0.1) is 11.8 Å². The molecule has 1 fully saturated rings. The molecule has 4 N–H and O–H groups in total. The van der Waals surface area contributed by atoms with Crippen molar-refractivity contribution >= 4 is 50.5 Å². The van der Waals surface area contributed by atoms with Crippen molar-refractivity contribution in [3.8, 4) is 0 Å². The fraction of sp³-hybridized carbons (Fsp3) is 0.833. The summed E-state index contributed by atoms with van der Waals surface area (Å²) in [7, 11) is -9.75. The van der Waals surface area contributed by atoms with E-state index in [0.29, 0.717) is 30.9 Å². The van der Waals surface area contributed by atoms with Gasteiger partial charge in [0.25, 0.3) is 0 Å². The van der Waals surface area contributed by atoms with Crippen molar-refractivity contribution in [3.63, 3.8) is 0 Å². The predicted molar refractivity (Wildman–Crippen MR) is 97.7 cm³/mol. The molecule has 0 saturated carbocycles. The van der Waals surface area contributed by atoms with Gasteiger partial charge in [-0.2, -0.15) is 11.8 Å². The third kappa shape index (κ3) is 7.34. The quantitative estimate of drug-likeness (QED) is 0.211. The molecule has 1 rings (SSSR count). The summed E-state index contributed by atoms with van der Waals surface area (Å²) >= 11 is 2.41. The molecular formula is C12H23NO8P2S2. The minimum atomic E-state index is -4.88. The summed E-state index contributed by atoms with van der Waals surface area (Å²) in [4.78, 5) is 61.1. The van der Waals surface area contributed by atoms with E-state index in [9.17, 15) is 18.7 Å². The SMILES string of the molecule is CCCN1C(=O)CC(SCCCSCC(P(=O)(O)O)P(=O)(O)O)C1=O. The third-order valence-corrected chi connectivity index (χ3v) is 10.1. The highest BCUT2D eigenvalue weighted by molar-refractivity contribution is 8.01. The van der Waals surface area contributed by atoms with Gasteiger partial charge in [0.1, 0.15) is 0 Å². The fourth-order valence-corrected chi connectivity index (χ4v) is 8.00. The van der Waals surface area contributed by atoms with Crippen LogP contribution in [0.2, 0.25) is 0 Å². The number of nitrogens with zero attached hydrogens (tertiary/aromatic N) is 1. The van der Waals surface area contributed by atoms with E-state index in [0.717, 1.165) is 11.8 Å². The van der Waals surface area contributed by atoms with Crippen molar-refractivity contribution in [1.29, 1.82) is 0 Å². The van der Waals surface area contributed by atoms with Crippen LogP contribution in [-0.2, 0) is 18.7 Å². The molecule has 0 radical (unpaired) electrons. The molecule has 1 saturated heterocycles. The Morgan fingerprint density at radius 2 is 1.76 bits per heavy atom. The fourth-order valence-electron chi connectivity index (χ4n) is 2.21. The Hall–Kier alpha value is 0.140. The van der Waals surface area contributed by atoms with Gasteiger partial charge in [-0.25, -0.2) is 0 Å². The third-order valence-electron chi connectivity index (χ3n) is 3.45. The first-order chi connectivity index (χ1) is 11.5. The van der Waals surface area contributed by atoms with E-state index in [2.05, 4.69) is 0 Å². The van der Waals surface area contributed by atoms with Gasteiger partial charge in [-0.05, 0) is 24.3 Å². The van der Waals surface area contributed by atoms with Crippen molar-refractivity contribution in [2.75, 3.05) is 23.8 Å². The van der Waals surface area contributed by atoms with Gasteiger partial charge in [0.2, 0.25) is 11.8 Å². The molecular weight excluding hydrogens is 412 g/mol. The summed E-state index contributed by atoms with van der Waals surface area (Å²) in [5.74, 6) is 0.339. The maximum absolute atomic E-state index is 12.0. The lowest BCUT2D eigenvalue weighted by molar-refractivity contribution is -0.138. The average molecular weight is 435 g/mol. The Balaban J connectivity index is 2.31. The minimum absolute atomic E-state index is 0.162. The summed E-state index contributed by atoms with van der Waals surface area (Å²) in [6.45, 7) is 2.32. The van der Waals surface area contributed by atoms with E-state index >= 15 is 0 Å². The van der Waals surface area contributed by atoms with Crippen LogP contribution in [-0.4, -0.2) is 70.7 Å². The first-order valence-corrected chi connectivity index (χ1v) is 13.2. The molecule has 1 heterocycles. The van der Waals surface area contributed by atoms with Gasteiger partial charge in [0.15, 0.2) is 5.40 Å². The summed E-state index contributed by atoms with van der Waals surface area (Å²) in [6, 6.07) is 0. The van der Waals surface area contributed by atoms with Crippen molar-refractivity contribution in [2.45, 2.75) is 36.8 Å². The van der Waals surface area contributed by atoms with E-state index in [1.807, 2.05) is 6.92 Å². The van der Waals surface area contributed by atoms with Crippen LogP contribution < -0.4 is 0 Å². The number of rotatable bonds is 11. The molecule has 1 aliphatic heterocycles. The molecule has 0 bridgehead atoms. The molecule has 146 valence electrons. The monoisotopic (exact) mass is 435 g/mol. The second-order valence-corrected chi connectivity index (χ2v) is 12.0. The summed E-state index contributed by atoms with van der Waals surface area (Å²) in [6.07, 6.45) is 1.50. The molecule has 9 nitrogen and oxygen atoms in total. The lowest BCUT2D eigenvalue weighted by Gasteiger charge is -2.19. The molecule has 0 aromatic heterocycles. The van der Waals surface area contributed by atoms with E-state index in [1.165, 1.54) is 16.7 Å². The number of carbonyl (C=O) groups is 2. The van der Waals surface area contributed by atoms with E-state index in [-0.39, 0.29) is 29.2 Å². The molecule has 1 aliphatic rings. The maximum Gasteiger partial charge on any atom is 0.341 e. The minimum Gasteiger partial charge on any atom is -0.324 e. The van der Waals surface area contributed by atoms with Gasteiger partial charge in [-0.1, -0.05) is 6.92 Å². The number of amides is 2. The summed E-state index contributed by atoms with van der Waals surface area (Å²) < 4.78 is 22.3. The number of hydrogen-bond donors (Lipinski definition) is 4. The largest absolute Gasteiger partial charge is 0.341 e.